The number of rotatable bonds is 3. The maximum atomic E-state index is 6.69. The number of hydrogen-bond acceptors (Lipinski definition) is 3. The molecule has 0 unspecified atom stereocenters. The van der Waals surface area contributed by atoms with Crippen molar-refractivity contribution in [3.8, 4) is 11.6 Å². The zero-order chi connectivity index (χ0) is 20.0. The Kier molecular flexibility index (Phi) is 4.20. The van der Waals surface area contributed by atoms with E-state index in [1.54, 1.807) is 6.33 Å². The largest absolute Gasteiger partial charge is 0.425 e. The van der Waals surface area contributed by atoms with Crippen LogP contribution in [0, 0.1) is 5.92 Å². The summed E-state index contributed by atoms with van der Waals surface area (Å²) in [5, 5.41) is 2.25. The van der Waals surface area contributed by atoms with Gasteiger partial charge in [0.1, 0.15) is 11.3 Å². The lowest BCUT2D eigenvalue weighted by Gasteiger charge is -2.28. The summed E-state index contributed by atoms with van der Waals surface area (Å²) in [6, 6.07) is 23.1. The van der Waals surface area contributed by atoms with Gasteiger partial charge in [0.25, 0.3) is 0 Å². The highest BCUT2D eigenvalue weighted by atomic mass is 16.5. The van der Waals surface area contributed by atoms with E-state index >= 15 is 0 Å². The molecular formula is C25H24N3O+. The van der Waals surface area contributed by atoms with E-state index in [9.17, 15) is 0 Å². The van der Waals surface area contributed by atoms with Crippen LogP contribution in [0.25, 0.3) is 10.8 Å². The average molecular weight is 382 g/mol. The van der Waals surface area contributed by atoms with Crippen LogP contribution in [0.3, 0.4) is 0 Å². The van der Waals surface area contributed by atoms with Crippen molar-refractivity contribution in [1.82, 2.24) is 4.98 Å². The Morgan fingerprint density at radius 1 is 1.00 bits per heavy atom. The summed E-state index contributed by atoms with van der Waals surface area (Å²) in [5.41, 5.74) is 9.95. The summed E-state index contributed by atoms with van der Waals surface area (Å²) in [6.07, 6.45) is 1.80. The number of ether oxygens (including phenoxy) is 1. The first-order valence-electron chi connectivity index (χ1n) is 10.1. The Labute approximate surface area is 170 Å². The van der Waals surface area contributed by atoms with Crippen LogP contribution in [-0.2, 0) is 6.54 Å². The van der Waals surface area contributed by atoms with Gasteiger partial charge in [0.2, 0.25) is 12.1 Å². The first-order chi connectivity index (χ1) is 14.1. The number of hydrogen-bond donors (Lipinski definition) is 1. The third-order valence-corrected chi connectivity index (χ3v) is 5.53. The number of benzene rings is 3. The van der Waals surface area contributed by atoms with Crippen molar-refractivity contribution in [2.24, 2.45) is 5.92 Å². The Morgan fingerprint density at radius 2 is 1.76 bits per heavy atom. The molecule has 1 aliphatic heterocycles. The summed E-state index contributed by atoms with van der Waals surface area (Å²) in [5.74, 6) is 2.64. The minimum atomic E-state index is -0.0216. The Balaban J connectivity index is 1.79. The van der Waals surface area contributed by atoms with Crippen molar-refractivity contribution in [2.75, 3.05) is 5.73 Å². The van der Waals surface area contributed by atoms with Crippen molar-refractivity contribution >= 4 is 16.6 Å². The Bertz CT molecular complexity index is 1200. The highest BCUT2D eigenvalue weighted by Gasteiger charge is 2.36. The molecule has 29 heavy (non-hydrogen) atoms. The molecule has 1 aromatic heterocycles. The zero-order valence-electron chi connectivity index (χ0n) is 16.7. The van der Waals surface area contributed by atoms with Crippen LogP contribution in [-0.4, -0.2) is 4.98 Å². The molecule has 5 rings (SSSR count). The quantitative estimate of drug-likeness (QED) is 0.445. The molecule has 0 fully saturated rings. The van der Waals surface area contributed by atoms with Gasteiger partial charge >= 0.3 is 5.88 Å². The van der Waals surface area contributed by atoms with Gasteiger partial charge in [0, 0.05) is 10.9 Å². The van der Waals surface area contributed by atoms with Crippen molar-refractivity contribution in [2.45, 2.75) is 26.3 Å². The molecule has 0 bridgehead atoms. The molecule has 144 valence electrons. The van der Waals surface area contributed by atoms with Crippen LogP contribution in [0.2, 0.25) is 0 Å². The molecule has 0 saturated carbocycles. The third kappa shape index (κ3) is 2.92. The summed E-state index contributed by atoms with van der Waals surface area (Å²) in [6.45, 7) is 5.18. The number of anilines is 1. The molecule has 1 aliphatic rings. The van der Waals surface area contributed by atoms with Crippen LogP contribution in [0.1, 0.15) is 36.5 Å². The summed E-state index contributed by atoms with van der Waals surface area (Å²) >= 11 is 0. The molecular weight excluding hydrogens is 358 g/mol. The van der Waals surface area contributed by atoms with Crippen LogP contribution in [0.15, 0.2) is 73.1 Å². The molecule has 0 amide bonds. The first kappa shape index (κ1) is 17.7. The minimum Gasteiger partial charge on any atom is -0.425 e. The number of nitrogen functional groups attached to an aromatic ring is 1. The average Bonchev–Trinajstić information content (AvgIpc) is 2.74. The second-order valence-electron chi connectivity index (χ2n) is 8.05. The van der Waals surface area contributed by atoms with Crippen LogP contribution < -0.4 is 15.0 Å². The van der Waals surface area contributed by atoms with E-state index in [-0.39, 0.29) is 5.92 Å². The highest BCUT2D eigenvalue weighted by Crippen LogP contribution is 2.50. The van der Waals surface area contributed by atoms with E-state index in [4.69, 9.17) is 10.5 Å². The summed E-state index contributed by atoms with van der Waals surface area (Å²) < 4.78 is 8.42. The van der Waals surface area contributed by atoms with Crippen LogP contribution in [0.5, 0.6) is 11.6 Å². The fraction of sp³-hybridized carbons (Fsp3) is 0.200. The molecule has 4 heteroatoms. The molecule has 0 saturated heterocycles. The lowest BCUT2D eigenvalue weighted by Crippen LogP contribution is -2.41. The van der Waals surface area contributed by atoms with Crippen LogP contribution in [0.4, 0.5) is 5.82 Å². The zero-order valence-corrected chi connectivity index (χ0v) is 16.7. The van der Waals surface area contributed by atoms with Crippen molar-refractivity contribution in [1.29, 1.82) is 0 Å². The highest BCUT2D eigenvalue weighted by molar-refractivity contribution is 5.91. The lowest BCUT2D eigenvalue weighted by atomic mass is 9.82. The van der Waals surface area contributed by atoms with Crippen molar-refractivity contribution in [3.63, 3.8) is 0 Å². The second-order valence-corrected chi connectivity index (χ2v) is 8.05. The van der Waals surface area contributed by atoms with Crippen LogP contribution >= 0.6 is 0 Å². The van der Waals surface area contributed by atoms with Gasteiger partial charge in [-0.2, -0.15) is 0 Å². The molecule has 2 N–H and O–H groups in total. The smallest absolute Gasteiger partial charge is 0.306 e. The van der Waals surface area contributed by atoms with Gasteiger partial charge in [-0.3, -0.25) is 0 Å². The van der Waals surface area contributed by atoms with Gasteiger partial charge in [0.15, 0.2) is 0 Å². The molecule has 0 radical (unpaired) electrons. The maximum absolute atomic E-state index is 6.69. The van der Waals surface area contributed by atoms with Gasteiger partial charge in [-0.25, -0.2) is 4.57 Å². The maximum Gasteiger partial charge on any atom is 0.306 e. The third-order valence-electron chi connectivity index (χ3n) is 5.53. The van der Waals surface area contributed by atoms with Gasteiger partial charge in [0.05, 0.1) is 12.5 Å². The molecule has 1 atom stereocenters. The first-order valence-corrected chi connectivity index (χ1v) is 10.1. The number of aromatic nitrogens is 2. The molecule has 4 aromatic rings. The van der Waals surface area contributed by atoms with Crippen molar-refractivity contribution in [3.05, 3.63) is 89.7 Å². The minimum absolute atomic E-state index is 0.0216. The summed E-state index contributed by atoms with van der Waals surface area (Å²) in [7, 11) is 0. The number of nitrogens with zero attached hydrogens (tertiary/aromatic N) is 2. The predicted octanol–water partition coefficient (Wildman–Crippen LogP) is 5.05. The second kappa shape index (κ2) is 6.89. The van der Waals surface area contributed by atoms with E-state index in [0.717, 1.165) is 40.0 Å². The molecule has 3 aromatic carbocycles. The summed E-state index contributed by atoms with van der Waals surface area (Å²) in [4.78, 5) is 4.68. The van der Waals surface area contributed by atoms with E-state index < -0.39 is 0 Å². The molecule has 0 spiro atoms. The van der Waals surface area contributed by atoms with E-state index in [2.05, 4.69) is 67.4 Å². The standard InChI is InChI=1S/C25H23N3O/c1-16(2)14-28-15-27-25-22(24(28)26)21(18-9-4-3-5-10-18)20-13-12-17-8-6-7-11-19(17)23(20)29-25/h3-13,15-16,21,26H,14H2,1-2H3/p+1/t21-/m0/s1. The van der Waals surface area contributed by atoms with Gasteiger partial charge in [-0.15, -0.1) is 0 Å². The van der Waals surface area contributed by atoms with E-state index in [0.29, 0.717) is 11.8 Å². The SMILES string of the molecule is CC(C)C[n+]1cnc2c(c1N)[C@@H](c1ccccc1)c1ccc3ccccc3c1O2. The van der Waals surface area contributed by atoms with Gasteiger partial charge in [-0.05, 0) is 16.9 Å². The van der Waals surface area contributed by atoms with Gasteiger partial charge < -0.3 is 10.5 Å². The molecule has 4 nitrogen and oxygen atoms in total. The lowest BCUT2D eigenvalue weighted by molar-refractivity contribution is -0.691. The fourth-order valence-electron chi connectivity index (χ4n) is 4.25. The molecule has 2 heterocycles. The Morgan fingerprint density at radius 3 is 2.55 bits per heavy atom. The Hall–Kier alpha value is -3.40. The number of nitrogens with two attached hydrogens (primary N) is 1. The topological polar surface area (TPSA) is 52.0 Å². The normalized spacial score (nSPS) is 15.1. The van der Waals surface area contributed by atoms with Gasteiger partial charge in [-0.1, -0.05) is 85.6 Å². The van der Waals surface area contributed by atoms with Crippen molar-refractivity contribution < 1.29 is 9.30 Å². The van der Waals surface area contributed by atoms with E-state index in [1.807, 2.05) is 22.8 Å². The fourth-order valence-corrected chi connectivity index (χ4v) is 4.25. The number of fused-ring (bicyclic) bond motifs is 4. The predicted molar refractivity (Wildman–Crippen MR) is 115 cm³/mol. The molecule has 0 aliphatic carbocycles. The van der Waals surface area contributed by atoms with E-state index in [1.165, 1.54) is 5.56 Å². The monoisotopic (exact) mass is 382 g/mol.